The molecule has 8 unspecified atom stereocenters. The lowest BCUT2D eigenvalue weighted by Gasteiger charge is -2.60. The van der Waals surface area contributed by atoms with Crippen LogP contribution in [0.1, 0.15) is 65.7 Å². The van der Waals surface area contributed by atoms with E-state index in [1.165, 1.54) is 25.7 Å². The summed E-state index contributed by atoms with van der Waals surface area (Å²) >= 11 is 0. The van der Waals surface area contributed by atoms with Crippen LogP contribution in [-0.4, -0.2) is 34.6 Å². The minimum absolute atomic E-state index is 0.201. The highest BCUT2D eigenvalue weighted by molar-refractivity contribution is 6.70. The lowest BCUT2D eigenvalue weighted by molar-refractivity contribution is -0.129. The van der Waals surface area contributed by atoms with Gasteiger partial charge in [0.2, 0.25) is 0 Å². The first-order valence-corrected chi connectivity index (χ1v) is 20.0. The largest absolute Gasteiger partial charge is 0.411 e. The Morgan fingerprint density at radius 2 is 1.56 bits per heavy atom. The summed E-state index contributed by atoms with van der Waals surface area (Å²) in [5.74, 6) is 2.80. The van der Waals surface area contributed by atoms with E-state index in [4.69, 9.17) is 8.85 Å². The molecule has 0 aromatic heterocycles. The van der Waals surface area contributed by atoms with Crippen molar-refractivity contribution in [3.63, 3.8) is 0 Å². The first kappa shape index (κ1) is 24.9. The number of Topliss-reactive ketones (excluding diaryl/α,β-unsaturated/α-hetero) is 1. The molecule has 0 aromatic rings. The SMILES string of the molecule is CC(=O)C1CCC2C3CC(O[Si](C)(C)C)C4=CC(O[Si](C)(C)C)CCC4(C)C3CCC12C. The molecule has 8 atom stereocenters. The Bertz CT molecular complexity index is 779. The molecule has 4 rings (SSSR count). The molecule has 0 amide bonds. The lowest BCUT2D eigenvalue weighted by Crippen LogP contribution is -2.56. The second kappa shape index (κ2) is 8.17. The molecule has 4 aliphatic rings. The van der Waals surface area contributed by atoms with Crippen LogP contribution in [0.15, 0.2) is 11.6 Å². The van der Waals surface area contributed by atoms with Crippen molar-refractivity contribution < 1.29 is 13.6 Å². The monoisotopic (exact) mass is 476 g/mol. The molecule has 3 nitrogen and oxygen atoms in total. The molecule has 0 aromatic carbocycles. The van der Waals surface area contributed by atoms with Crippen LogP contribution in [0.5, 0.6) is 0 Å². The molecule has 3 fully saturated rings. The Hall–Kier alpha value is -0.236. The lowest BCUT2D eigenvalue weighted by atomic mass is 9.46. The molecule has 5 heteroatoms. The second-order valence-electron chi connectivity index (χ2n) is 14.0. The van der Waals surface area contributed by atoms with Gasteiger partial charge in [-0.15, -0.1) is 0 Å². The molecule has 32 heavy (non-hydrogen) atoms. The molecule has 0 heterocycles. The summed E-state index contributed by atoms with van der Waals surface area (Å²) in [6.07, 6.45) is 11.4. The van der Waals surface area contributed by atoms with E-state index in [0.29, 0.717) is 17.6 Å². The standard InChI is InChI=1S/C27H48O3Si2/c1-18(28)21-10-11-22-20-17-25(30-32(7,8)9)24-16-19(29-31(4,5)6)12-14-27(24,3)23(20)13-15-26(21,22)2/h16,19-23,25H,10-15,17H2,1-9H3. The van der Waals surface area contributed by atoms with Gasteiger partial charge in [-0.3, -0.25) is 4.79 Å². The maximum atomic E-state index is 12.5. The highest BCUT2D eigenvalue weighted by Gasteiger charge is 2.61. The van der Waals surface area contributed by atoms with Gasteiger partial charge in [0, 0.05) is 5.92 Å². The van der Waals surface area contributed by atoms with Gasteiger partial charge in [0.1, 0.15) is 5.78 Å². The maximum absolute atomic E-state index is 12.5. The third kappa shape index (κ3) is 4.41. The predicted octanol–water partition coefficient (Wildman–Crippen LogP) is 7.20. The van der Waals surface area contributed by atoms with Gasteiger partial charge in [-0.2, -0.15) is 0 Å². The van der Waals surface area contributed by atoms with Crippen molar-refractivity contribution >= 4 is 22.4 Å². The van der Waals surface area contributed by atoms with Crippen molar-refractivity contribution in [1.29, 1.82) is 0 Å². The summed E-state index contributed by atoms with van der Waals surface area (Å²) in [5, 5.41) is 0. The van der Waals surface area contributed by atoms with Gasteiger partial charge in [-0.1, -0.05) is 19.9 Å². The van der Waals surface area contributed by atoms with Crippen LogP contribution in [0.25, 0.3) is 0 Å². The summed E-state index contributed by atoms with van der Waals surface area (Å²) in [6, 6.07) is 0. The number of rotatable bonds is 5. The van der Waals surface area contributed by atoms with Crippen molar-refractivity contribution in [1.82, 2.24) is 0 Å². The van der Waals surface area contributed by atoms with Gasteiger partial charge in [0.05, 0.1) is 12.2 Å². The highest BCUT2D eigenvalue weighted by atomic mass is 28.4. The molecular weight excluding hydrogens is 428 g/mol. The first-order valence-electron chi connectivity index (χ1n) is 13.2. The quantitative estimate of drug-likeness (QED) is 0.311. The van der Waals surface area contributed by atoms with Gasteiger partial charge in [0.25, 0.3) is 0 Å². The van der Waals surface area contributed by atoms with Crippen LogP contribution in [0.2, 0.25) is 39.3 Å². The normalized spacial score (nSPS) is 44.3. The number of hydrogen-bond donors (Lipinski definition) is 0. The van der Waals surface area contributed by atoms with E-state index >= 15 is 0 Å². The van der Waals surface area contributed by atoms with E-state index in [1.54, 1.807) is 5.57 Å². The predicted molar refractivity (Wildman–Crippen MR) is 138 cm³/mol. The van der Waals surface area contributed by atoms with E-state index in [0.717, 1.165) is 25.2 Å². The average Bonchev–Trinajstić information content (AvgIpc) is 2.98. The second-order valence-corrected chi connectivity index (χ2v) is 22.9. The van der Waals surface area contributed by atoms with E-state index in [1.807, 2.05) is 6.92 Å². The van der Waals surface area contributed by atoms with Crippen LogP contribution in [0, 0.1) is 34.5 Å². The van der Waals surface area contributed by atoms with Crippen molar-refractivity contribution in [2.45, 2.75) is 117 Å². The molecule has 0 spiro atoms. The Morgan fingerprint density at radius 3 is 2.16 bits per heavy atom. The van der Waals surface area contributed by atoms with Gasteiger partial charge in [-0.05, 0) is 125 Å². The van der Waals surface area contributed by atoms with Gasteiger partial charge in [0.15, 0.2) is 16.6 Å². The zero-order valence-electron chi connectivity index (χ0n) is 22.2. The Balaban J connectivity index is 1.70. The van der Waals surface area contributed by atoms with Crippen LogP contribution < -0.4 is 0 Å². The molecule has 4 aliphatic carbocycles. The fourth-order valence-electron chi connectivity index (χ4n) is 8.47. The summed E-state index contributed by atoms with van der Waals surface area (Å²) in [6.45, 7) is 20.8. The van der Waals surface area contributed by atoms with Crippen LogP contribution >= 0.6 is 0 Å². The molecule has 182 valence electrons. The van der Waals surface area contributed by atoms with Gasteiger partial charge >= 0.3 is 0 Å². The van der Waals surface area contributed by atoms with E-state index in [9.17, 15) is 4.79 Å². The zero-order chi connectivity index (χ0) is 23.7. The number of fused-ring (bicyclic) bond motifs is 5. The van der Waals surface area contributed by atoms with Crippen molar-refractivity contribution in [3.05, 3.63) is 11.6 Å². The van der Waals surface area contributed by atoms with E-state index in [-0.39, 0.29) is 29.0 Å². The molecule has 0 radical (unpaired) electrons. The average molecular weight is 477 g/mol. The molecule has 3 saturated carbocycles. The minimum atomic E-state index is -1.69. The Kier molecular flexibility index (Phi) is 6.35. The third-order valence-electron chi connectivity index (χ3n) is 9.55. The minimum Gasteiger partial charge on any atom is -0.411 e. The number of carbonyl (C=O) groups is 1. The van der Waals surface area contributed by atoms with Crippen molar-refractivity contribution in [2.24, 2.45) is 34.5 Å². The number of carbonyl (C=O) groups excluding carboxylic acids is 1. The highest BCUT2D eigenvalue weighted by Crippen LogP contribution is 2.67. The summed E-state index contributed by atoms with van der Waals surface area (Å²) in [5.41, 5.74) is 2.00. The van der Waals surface area contributed by atoms with Crippen LogP contribution in [0.4, 0.5) is 0 Å². The third-order valence-corrected chi connectivity index (χ3v) is 11.6. The Morgan fingerprint density at radius 1 is 0.906 bits per heavy atom. The van der Waals surface area contributed by atoms with E-state index in [2.05, 4.69) is 59.2 Å². The van der Waals surface area contributed by atoms with Crippen LogP contribution in [-0.2, 0) is 13.6 Å². The smallest absolute Gasteiger partial charge is 0.184 e. The van der Waals surface area contributed by atoms with Gasteiger partial charge in [-0.25, -0.2) is 0 Å². The number of hydrogen-bond acceptors (Lipinski definition) is 3. The first-order chi connectivity index (χ1) is 14.6. The Labute approximate surface area is 199 Å². The van der Waals surface area contributed by atoms with Crippen molar-refractivity contribution in [3.8, 4) is 0 Å². The molecule has 0 saturated heterocycles. The fraction of sp³-hybridized carbons (Fsp3) is 0.889. The van der Waals surface area contributed by atoms with Crippen molar-refractivity contribution in [2.75, 3.05) is 0 Å². The zero-order valence-corrected chi connectivity index (χ0v) is 24.2. The summed E-state index contributed by atoms with van der Waals surface area (Å²) in [4.78, 5) is 12.5. The fourth-order valence-corrected chi connectivity index (χ4v) is 10.6. The molecular formula is C27H48O3Si2. The van der Waals surface area contributed by atoms with E-state index < -0.39 is 16.6 Å². The summed E-state index contributed by atoms with van der Waals surface area (Å²) < 4.78 is 13.5. The van der Waals surface area contributed by atoms with Gasteiger partial charge < -0.3 is 8.85 Å². The molecule has 0 N–H and O–H groups in total. The number of ketones is 1. The maximum Gasteiger partial charge on any atom is 0.184 e. The molecule has 0 aliphatic heterocycles. The van der Waals surface area contributed by atoms with Crippen LogP contribution in [0.3, 0.4) is 0 Å². The molecule has 0 bridgehead atoms. The summed E-state index contributed by atoms with van der Waals surface area (Å²) in [7, 11) is -3.27. The topological polar surface area (TPSA) is 35.5 Å².